The highest BCUT2D eigenvalue weighted by atomic mass is 16.5. The average Bonchev–Trinajstić information content (AvgIpc) is 3.37. The van der Waals surface area contributed by atoms with Crippen molar-refractivity contribution in [2.24, 2.45) is 0 Å². The molecule has 1 saturated heterocycles. The van der Waals surface area contributed by atoms with Gasteiger partial charge in [0.15, 0.2) is 5.69 Å². The van der Waals surface area contributed by atoms with E-state index in [0.29, 0.717) is 31.3 Å². The number of nitrogens with one attached hydrogen (secondary N) is 1. The number of aliphatic hydroxyl groups excluding tert-OH is 1. The summed E-state index contributed by atoms with van der Waals surface area (Å²) in [5, 5.41) is 13.2. The molecule has 1 aliphatic rings. The van der Waals surface area contributed by atoms with Crippen LogP contribution in [0.1, 0.15) is 21.9 Å². The molecule has 1 aliphatic heterocycles. The first-order valence-electron chi connectivity index (χ1n) is 11.7. The molecule has 1 amide bonds. The van der Waals surface area contributed by atoms with Crippen LogP contribution in [0.5, 0.6) is 11.5 Å². The predicted octanol–water partition coefficient (Wildman–Crippen LogP) is 2.17. The summed E-state index contributed by atoms with van der Waals surface area (Å²) in [7, 11) is 1.62. The van der Waals surface area contributed by atoms with Crippen LogP contribution in [-0.2, 0) is 13.1 Å². The summed E-state index contributed by atoms with van der Waals surface area (Å²) in [5.41, 5.74) is 1.31. The molecule has 0 bridgehead atoms. The topological polar surface area (TPSA) is 100 Å². The fourth-order valence-electron chi connectivity index (χ4n) is 3.89. The molecule has 1 fully saturated rings. The van der Waals surface area contributed by atoms with Gasteiger partial charge >= 0.3 is 0 Å². The summed E-state index contributed by atoms with van der Waals surface area (Å²) in [6.07, 6.45) is 0.831. The zero-order valence-corrected chi connectivity index (χ0v) is 19.9. The van der Waals surface area contributed by atoms with Crippen molar-refractivity contribution in [3.63, 3.8) is 0 Å². The Morgan fingerprint density at radius 3 is 2.46 bits per heavy atom. The largest absolute Gasteiger partial charge is 0.497 e. The third-order valence-corrected chi connectivity index (χ3v) is 5.87. The first-order valence-corrected chi connectivity index (χ1v) is 11.7. The lowest BCUT2D eigenvalue weighted by molar-refractivity contribution is 0.0430. The van der Waals surface area contributed by atoms with E-state index in [1.165, 1.54) is 6.26 Å². The van der Waals surface area contributed by atoms with Crippen molar-refractivity contribution in [2.45, 2.75) is 19.2 Å². The van der Waals surface area contributed by atoms with Gasteiger partial charge in [0.25, 0.3) is 5.91 Å². The number of β-amino-alcohol motifs (C(OH)–C–C–N with tert-alkyl or cyclic N) is 1. The Balaban J connectivity index is 1.15. The molecule has 1 atom stereocenters. The van der Waals surface area contributed by atoms with E-state index in [0.717, 1.165) is 37.5 Å². The Bertz CT molecular complexity index is 1050. The quantitative estimate of drug-likeness (QED) is 0.431. The van der Waals surface area contributed by atoms with E-state index in [9.17, 15) is 9.90 Å². The molecule has 0 unspecified atom stereocenters. The van der Waals surface area contributed by atoms with E-state index in [1.54, 1.807) is 7.11 Å². The number of hydrogen-bond acceptors (Lipinski definition) is 8. The van der Waals surface area contributed by atoms with Gasteiger partial charge in [0.1, 0.15) is 30.5 Å². The summed E-state index contributed by atoms with van der Waals surface area (Å²) >= 11 is 0. The lowest BCUT2D eigenvalue weighted by Gasteiger charge is -2.34. The summed E-state index contributed by atoms with van der Waals surface area (Å²) in [6.45, 7) is 5.07. The summed E-state index contributed by atoms with van der Waals surface area (Å²) in [4.78, 5) is 21.1. The zero-order chi connectivity index (χ0) is 24.5. The highest BCUT2D eigenvalue weighted by Crippen LogP contribution is 2.17. The lowest BCUT2D eigenvalue weighted by Crippen LogP contribution is -2.48. The maximum Gasteiger partial charge on any atom is 0.273 e. The van der Waals surface area contributed by atoms with Gasteiger partial charge in [-0.25, -0.2) is 4.98 Å². The number of aromatic nitrogens is 1. The van der Waals surface area contributed by atoms with E-state index in [1.807, 2.05) is 54.6 Å². The fraction of sp³-hybridized carbons (Fsp3) is 0.385. The molecule has 0 radical (unpaired) electrons. The number of oxazole rings is 1. The number of amides is 1. The SMILES string of the molecule is COc1ccc(OC[C@H](O)CN2CCN(Cc3nc(C(=O)NCc4ccccc4)co3)CC2)cc1. The standard InChI is InChI=1S/C26H32N4O5/c1-33-22-7-9-23(10-8-22)34-18-21(31)16-29-11-13-30(14-12-29)17-25-28-24(19-35-25)26(32)27-15-20-5-3-2-4-6-20/h2-10,19,21,31H,11-18H2,1H3,(H,27,32)/t21-/m1/s1. The van der Waals surface area contributed by atoms with Gasteiger partial charge in [-0.15, -0.1) is 0 Å². The molecular weight excluding hydrogens is 448 g/mol. The molecule has 9 nitrogen and oxygen atoms in total. The minimum absolute atomic E-state index is 0.234. The van der Waals surface area contributed by atoms with Crippen LogP contribution in [0.15, 0.2) is 65.3 Å². The molecule has 0 saturated carbocycles. The first kappa shape index (κ1) is 24.7. The van der Waals surface area contributed by atoms with Crippen molar-refractivity contribution >= 4 is 5.91 Å². The van der Waals surface area contributed by atoms with Crippen LogP contribution >= 0.6 is 0 Å². The minimum Gasteiger partial charge on any atom is -0.497 e. The first-order chi connectivity index (χ1) is 17.1. The van der Waals surface area contributed by atoms with Gasteiger partial charge in [-0.05, 0) is 29.8 Å². The number of methoxy groups -OCH3 is 1. The highest BCUT2D eigenvalue weighted by Gasteiger charge is 2.21. The van der Waals surface area contributed by atoms with E-state index in [4.69, 9.17) is 13.9 Å². The number of carbonyl (C=O) groups is 1. The van der Waals surface area contributed by atoms with Gasteiger partial charge in [-0.1, -0.05) is 30.3 Å². The molecule has 3 aromatic rings. The van der Waals surface area contributed by atoms with E-state index in [2.05, 4.69) is 20.1 Å². The van der Waals surface area contributed by atoms with Crippen LogP contribution in [0.4, 0.5) is 0 Å². The van der Waals surface area contributed by atoms with Crippen LogP contribution in [-0.4, -0.2) is 78.3 Å². The third kappa shape index (κ3) is 7.54. The van der Waals surface area contributed by atoms with Crippen molar-refractivity contribution < 1.29 is 23.8 Å². The van der Waals surface area contributed by atoms with Gasteiger partial charge in [-0.3, -0.25) is 14.6 Å². The molecule has 4 rings (SSSR count). The number of piperazine rings is 1. The molecule has 1 aromatic heterocycles. The molecule has 0 spiro atoms. The van der Waals surface area contributed by atoms with Crippen molar-refractivity contribution in [2.75, 3.05) is 46.4 Å². The predicted molar refractivity (Wildman–Crippen MR) is 130 cm³/mol. The molecule has 2 heterocycles. The molecule has 2 aromatic carbocycles. The third-order valence-electron chi connectivity index (χ3n) is 5.87. The van der Waals surface area contributed by atoms with Crippen LogP contribution in [0, 0.1) is 0 Å². The van der Waals surface area contributed by atoms with Crippen molar-refractivity contribution in [3.8, 4) is 11.5 Å². The molecular formula is C26H32N4O5. The minimum atomic E-state index is -0.577. The smallest absolute Gasteiger partial charge is 0.273 e. The maximum absolute atomic E-state index is 12.3. The van der Waals surface area contributed by atoms with Crippen LogP contribution in [0.25, 0.3) is 0 Å². The second-order valence-electron chi connectivity index (χ2n) is 8.51. The van der Waals surface area contributed by atoms with Gasteiger partial charge in [0, 0.05) is 39.3 Å². The Kier molecular flexibility index (Phi) is 8.72. The number of carbonyl (C=O) groups excluding carboxylic acids is 1. The molecule has 2 N–H and O–H groups in total. The van der Waals surface area contributed by atoms with Gasteiger partial charge in [0.2, 0.25) is 5.89 Å². The van der Waals surface area contributed by atoms with E-state index < -0.39 is 6.10 Å². The Hall–Kier alpha value is -3.40. The zero-order valence-electron chi connectivity index (χ0n) is 19.9. The van der Waals surface area contributed by atoms with Crippen molar-refractivity contribution in [1.29, 1.82) is 0 Å². The van der Waals surface area contributed by atoms with Crippen LogP contribution in [0.3, 0.4) is 0 Å². The highest BCUT2D eigenvalue weighted by molar-refractivity contribution is 5.91. The van der Waals surface area contributed by atoms with E-state index in [-0.39, 0.29) is 18.2 Å². The summed E-state index contributed by atoms with van der Waals surface area (Å²) in [5.74, 6) is 1.74. The summed E-state index contributed by atoms with van der Waals surface area (Å²) in [6, 6.07) is 17.0. The molecule has 186 valence electrons. The Labute approximate surface area is 205 Å². The number of ether oxygens (including phenoxy) is 2. The second-order valence-corrected chi connectivity index (χ2v) is 8.51. The molecule has 0 aliphatic carbocycles. The lowest BCUT2D eigenvalue weighted by atomic mass is 10.2. The number of aliphatic hydroxyl groups is 1. The van der Waals surface area contributed by atoms with Crippen LogP contribution in [0.2, 0.25) is 0 Å². The monoisotopic (exact) mass is 480 g/mol. The van der Waals surface area contributed by atoms with Crippen LogP contribution < -0.4 is 14.8 Å². The Morgan fingerprint density at radius 2 is 1.74 bits per heavy atom. The van der Waals surface area contributed by atoms with Gasteiger partial charge < -0.3 is 24.3 Å². The number of rotatable bonds is 11. The number of benzene rings is 2. The number of hydrogen-bond donors (Lipinski definition) is 2. The number of nitrogens with zero attached hydrogens (tertiary/aromatic N) is 3. The molecule has 35 heavy (non-hydrogen) atoms. The van der Waals surface area contributed by atoms with Crippen molar-refractivity contribution in [3.05, 3.63) is 78.0 Å². The van der Waals surface area contributed by atoms with Gasteiger partial charge in [-0.2, -0.15) is 0 Å². The fourth-order valence-corrected chi connectivity index (χ4v) is 3.89. The average molecular weight is 481 g/mol. The normalized spacial score (nSPS) is 15.5. The maximum atomic E-state index is 12.3. The second kappa shape index (κ2) is 12.3. The molecule has 9 heteroatoms. The van der Waals surface area contributed by atoms with E-state index >= 15 is 0 Å². The van der Waals surface area contributed by atoms with Gasteiger partial charge in [0.05, 0.1) is 13.7 Å². The van der Waals surface area contributed by atoms with Crippen molar-refractivity contribution in [1.82, 2.24) is 20.1 Å². The summed E-state index contributed by atoms with van der Waals surface area (Å²) < 4.78 is 16.3. The Morgan fingerprint density at radius 1 is 1.06 bits per heavy atom.